The van der Waals surface area contributed by atoms with Gasteiger partial charge in [0.05, 0.1) is 0 Å². The second kappa shape index (κ2) is 9.86. The molecule has 2 N–H and O–H groups in total. The van der Waals surface area contributed by atoms with E-state index < -0.39 is 0 Å². The molecule has 0 aliphatic carbocycles. The second-order valence-electron chi connectivity index (χ2n) is 6.98. The third-order valence-corrected chi connectivity index (χ3v) is 4.50. The molecule has 0 radical (unpaired) electrons. The third kappa shape index (κ3) is 5.64. The molecule has 2 amide bonds. The molecule has 27 heavy (non-hydrogen) atoms. The number of hydrogen-bond acceptors (Lipinski definition) is 3. The molecule has 0 saturated carbocycles. The van der Waals surface area contributed by atoms with Crippen molar-refractivity contribution in [3.63, 3.8) is 0 Å². The van der Waals surface area contributed by atoms with Gasteiger partial charge in [0, 0.05) is 24.0 Å². The van der Waals surface area contributed by atoms with Crippen molar-refractivity contribution in [1.82, 2.24) is 10.3 Å². The minimum Gasteiger partial charge on any atom is -0.351 e. The molecule has 1 aromatic heterocycles. The lowest BCUT2D eigenvalue weighted by Gasteiger charge is -2.14. The fourth-order valence-electron chi connectivity index (χ4n) is 2.85. The highest BCUT2D eigenvalue weighted by atomic mass is 16.2. The van der Waals surface area contributed by atoms with Crippen molar-refractivity contribution in [2.45, 2.75) is 47.0 Å². The average molecular weight is 367 g/mol. The molecular formula is C22H29N3O2. The van der Waals surface area contributed by atoms with Crippen LogP contribution in [0.5, 0.6) is 0 Å². The number of carbonyl (C=O) groups excluding carboxylic acids is 2. The quantitative estimate of drug-likeness (QED) is 0.733. The van der Waals surface area contributed by atoms with Crippen LogP contribution < -0.4 is 10.6 Å². The van der Waals surface area contributed by atoms with Crippen LogP contribution in [-0.4, -0.2) is 23.3 Å². The Morgan fingerprint density at radius 1 is 1.04 bits per heavy atom. The van der Waals surface area contributed by atoms with Crippen molar-refractivity contribution < 1.29 is 9.59 Å². The maximum Gasteiger partial charge on any atom is 0.269 e. The van der Waals surface area contributed by atoms with Crippen LogP contribution in [0.1, 0.15) is 66.1 Å². The summed E-state index contributed by atoms with van der Waals surface area (Å²) >= 11 is 0. The Labute approximate surface area is 161 Å². The molecule has 5 nitrogen and oxygen atoms in total. The number of amides is 2. The van der Waals surface area contributed by atoms with Crippen LogP contribution in [0.4, 0.5) is 5.69 Å². The van der Waals surface area contributed by atoms with Crippen LogP contribution in [-0.2, 0) is 12.8 Å². The first-order valence-corrected chi connectivity index (χ1v) is 9.62. The second-order valence-corrected chi connectivity index (χ2v) is 6.98. The lowest BCUT2D eigenvalue weighted by molar-refractivity contribution is 0.0947. The van der Waals surface area contributed by atoms with Crippen molar-refractivity contribution in [2.24, 2.45) is 5.92 Å². The van der Waals surface area contributed by atoms with Gasteiger partial charge < -0.3 is 10.6 Å². The zero-order chi connectivity index (χ0) is 19.8. The molecule has 0 unspecified atom stereocenters. The summed E-state index contributed by atoms with van der Waals surface area (Å²) < 4.78 is 0. The number of aromatic nitrogens is 1. The van der Waals surface area contributed by atoms with Crippen LogP contribution in [0.15, 0.2) is 36.5 Å². The summed E-state index contributed by atoms with van der Waals surface area (Å²) in [5.74, 6) is 0.0273. The lowest BCUT2D eigenvalue weighted by atomic mass is 10.0. The first-order chi connectivity index (χ1) is 13.0. The normalized spacial score (nSPS) is 10.7. The van der Waals surface area contributed by atoms with E-state index >= 15 is 0 Å². The molecule has 0 bridgehead atoms. The SMILES string of the molecule is CCc1cccc(CC)c1NC(=O)c1ccnc(C(=O)NCCC(C)C)c1. The fourth-order valence-corrected chi connectivity index (χ4v) is 2.85. The van der Waals surface area contributed by atoms with Crippen molar-refractivity contribution in [3.05, 3.63) is 58.9 Å². The topological polar surface area (TPSA) is 71.1 Å². The van der Waals surface area contributed by atoms with Gasteiger partial charge in [0.15, 0.2) is 0 Å². The molecule has 5 heteroatoms. The van der Waals surface area contributed by atoms with Crippen LogP contribution in [0.2, 0.25) is 0 Å². The fraction of sp³-hybridized carbons (Fsp3) is 0.409. The number of hydrogen-bond donors (Lipinski definition) is 2. The predicted molar refractivity (Wildman–Crippen MR) is 109 cm³/mol. The van der Waals surface area contributed by atoms with Gasteiger partial charge in [0.1, 0.15) is 5.69 Å². The minimum absolute atomic E-state index is 0.232. The molecule has 0 aliphatic heterocycles. The van der Waals surface area contributed by atoms with Gasteiger partial charge in [-0.25, -0.2) is 0 Å². The Morgan fingerprint density at radius 3 is 2.30 bits per heavy atom. The van der Waals surface area contributed by atoms with Gasteiger partial charge >= 0.3 is 0 Å². The summed E-state index contributed by atoms with van der Waals surface area (Å²) in [6.07, 6.45) is 4.07. The molecule has 0 fully saturated rings. The average Bonchev–Trinajstić information content (AvgIpc) is 2.67. The largest absolute Gasteiger partial charge is 0.351 e. The van der Waals surface area contributed by atoms with E-state index in [1.165, 1.54) is 6.20 Å². The Kier molecular flexibility index (Phi) is 7.53. The van der Waals surface area contributed by atoms with Gasteiger partial charge in [0.2, 0.25) is 0 Å². The van der Waals surface area contributed by atoms with Crippen LogP contribution in [0, 0.1) is 5.92 Å². The van der Waals surface area contributed by atoms with Gasteiger partial charge in [-0.05, 0) is 48.4 Å². The van der Waals surface area contributed by atoms with E-state index in [1.807, 2.05) is 18.2 Å². The molecule has 0 saturated heterocycles. The molecule has 2 rings (SSSR count). The van der Waals surface area contributed by atoms with Crippen LogP contribution in [0.25, 0.3) is 0 Å². The summed E-state index contributed by atoms with van der Waals surface area (Å²) in [5, 5.41) is 5.87. The number of anilines is 1. The maximum absolute atomic E-state index is 12.8. The Bertz CT molecular complexity index is 778. The number of carbonyl (C=O) groups is 2. The molecule has 1 heterocycles. The van der Waals surface area contributed by atoms with Crippen molar-refractivity contribution in [1.29, 1.82) is 0 Å². The monoisotopic (exact) mass is 367 g/mol. The number of para-hydroxylation sites is 1. The molecule has 144 valence electrons. The van der Waals surface area contributed by atoms with Crippen molar-refractivity contribution in [2.75, 3.05) is 11.9 Å². The highest BCUT2D eigenvalue weighted by Gasteiger charge is 2.14. The van der Waals surface area contributed by atoms with Gasteiger partial charge in [-0.3, -0.25) is 14.6 Å². The zero-order valence-corrected chi connectivity index (χ0v) is 16.6. The Hall–Kier alpha value is -2.69. The number of nitrogens with zero attached hydrogens (tertiary/aromatic N) is 1. The van der Waals surface area contributed by atoms with Gasteiger partial charge in [0.25, 0.3) is 11.8 Å². The Balaban J connectivity index is 2.15. The standard InChI is InChI=1S/C22H29N3O2/c1-5-16-8-7-9-17(6-2)20(16)25-21(26)18-11-13-23-19(14-18)22(27)24-12-10-15(3)4/h7-9,11,13-15H,5-6,10,12H2,1-4H3,(H,24,27)(H,25,26). The van der Waals surface area contributed by atoms with E-state index in [0.29, 0.717) is 18.0 Å². The number of benzene rings is 1. The van der Waals surface area contributed by atoms with Gasteiger partial charge in [-0.2, -0.15) is 0 Å². The first kappa shape index (κ1) is 20.6. The zero-order valence-electron chi connectivity index (χ0n) is 16.6. The number of nitrogens with one attached hydrogen (secondary N) is 2. The minimum atomic E-state index is -0.256. The summed E-state index contributed by atoms with van der Waals surface area (Å²) in [4.78, 5) is 29.1. The van der Waals surface area contributed by atoms with E-state index in [1.54, 1.807) is 12.1 Å². The van der Waals surface area contributed by atoms with E-state index in [2.05, 4.69) is 43.3 Å². The van der Waals surface area contributed by atoms with Crippen molar-refractivity contribution >= 4 is 17.5 Å². The van der Waals surface area contributed by atoms with Crippen LogP contribution >= 0.6 is 0 Å². The molecule has 1 aromatic carbocycles. The molecule has 0 aliphatic rings. The first-order valence-electron chi connectivity index (χ1n) is 9.62. The highest BCUT2D eigenvalue weighted by Crippen LogP contribution is 2.23. The number of rotatable bonds is 8. The maximum atomic E-state index is 12.8. The van der Waals surface area contributed by atoms with E-state index in [-0.39, 0.29) is 17.5 Å². The molecule has 2 aromatic rings. The lowest BCUT2D eigenvalue weighted by Crippen LogP contribution is -2.26. The summed E-state index contributed by atoms with van der Waals surface area (Å²) in [6.45, 7) is 8.94. The van der Waals surface area contributed by atoms with Gasteiger partial charge in [-0.15, -0.1) is 0 Å². The predicted octanol–water partition coefficient (Wildman–Crippen LogP) is 4.23. The molecule has 0 spiro atoms. The van der Waals surface area contributed by atoms with Crippen LogP contribution in [0.3, 0.4) is 0 Å². The summed E-state index contributed by atoms with van der Waals surface area (Å²) in [7, 11) is 0. The van der Waals surface area contributed by atoms with E-state index in [0.717, 1.165) is 36.1 Å². The third-order valence-electron chi connectivity index (χ3n) is 4.50. The molecule has 0 atom stereocenters. The van der Waals surface area contributed by atoms with E-state index in [9.17, 15) is 9.59 Å². The number of aryl methyl sites for hydroxylation is 2. The molecular weight excluding hydrogens is 338 g/mol. The van der Waals surface area contributed by atoms with Gasteiger partial charge in [-0.1, -0.05) is 45.9 Å². The summed E-state index contributed by atoms with van der Waals surface area (Å²) in [5.41, 5.74) is 3.75. The Morgan fingerprint density at radius 2 is 1.70 bits per heavy atom. The smallest absolute Gasteiger partial charge is 0.269 e. The van der Waals surface area contributed by atoms with Crippen molar-refractivity contribution in [3.8, 4) is 0 Å². The highest BCUT2D eigenvalue weighted by molar-refractivity contribution is 6.06. The van der Waals surface area contributed by atoms with E-state index in [4.69, 9.17) is 0 Å². The number of pyridine rings is 1. The summed E-state index contributed by atoms with van der Waals surface area (Å²) in [6, 6.07) is 9.23.